The molecule has 1 amide bonds. The first-order valence-electron chi connectivity index (χ1n) is 5.58. The van der Waals surface area contributed by atoms with E-state index in [-0.39, 0.29) is 5.91 Å². The van der Waals surface area contributed by atoms with Crippen LogP contribution in [0.2, 0.25) is 0 Å². The van der Waals surface area contributed by atoms with Gasteiger partial charge in [0.05, 0.1) is 19.4 Å². The van der Waals surface area contributed by atoms with E-state index in [1.165, 1.54) is 11.3 Å². The van der Waals surface area contributed by atoms with Crippen molar-refractivity contribution in [3.8, 4) is 0 Å². The molecule has 96 valence electrons. The Morgan fingerprint density at radius 2 is 2.50 bits per heavy atom. The van der Waals surface area contributed by atoms with Crippen molar-refractivity contribution >= 4 is 22.4 Å². The SMILES string of the molecule is CCN(CC(=O)Nc1nncs1)Cc1ccco1. The van der Waals surface area contributed by atoms with Crippen LogP contribution in [0.3, 0.4) is 0 Å². The van der Waals surface area contributed by atoms with Gasteiger partial charge < -0.3 is 4.42 Å². The summed E-state index contributed by atoms with van der Waals surface area (Å²) in [5.74, 6) is 0.751. The zero-order valence-electron chi connectivity index (χ0n) is 10.00. The van der Waals surface area contributed by atoms with Gasteiger partial charge in [0.2, 0.25) is 11.0 Å². The molecule has 1 N–H and O–H groups in total. The van der Waals surface area contributed by atoms with Crippen LogP contribution in [0.15, 0.2) is 28.3 Å². The van der Waals surface area contributed by atoms with Crippen LogP contribution >= 0.6 is 11.3 Å². The standard InChI is InChI=1S/C11H14N4O2S/c1-2-15(6-9-4-3-5-17-9)7-10(16)13-11-14-12-8-18-11/h3-5,8H,2,6-7H2,1H3,(H,13,14,16). The molecule has 6 nitrogen and oxygen atoms in total. The number of rotatable bonds is 6. The summed E-state index contributed by atoms with van der Waals surface area (Å²) in [5.41, 5.74) is 1.58. The Morgan fingerprint density at radius 1 is 1.61 bits per heavy atom. The van der Waals surface area contributed by atoms with E-state index >= 15 is 0 Å². The lowest BCUT2D eigenvalue weighted by atomic mass is 10.4. The summed E-state index contributed by atoms with van der Waals surface area (Å²) in [6.45, 7) is 3.69. The third-order valence-electron chi connectivity index (χ3n) is 2.38. The average Bonchev–Trinajstić information content (AvgIpc) is 3.01. The maximum atomic E-state index is 11.8. The van der Waals surface area contributed by atoms with Crippen molar-refractivity contribution in [3.05, 3.63) is 29.7 Å². The predicted octanol–water partition coefficient (Wildman–Crippen LogP) is 1.59. The Morgan fingerprint density at radius 3 is 3.11 bits per heavy atom. The molecule has 0 fully saturated rings. The van der Waals surface area contributed by atoms with E-state index in [1.807, 2.05) is 24.0 Å². The molecule has 0 aliphatic heterocycles. The fourth-order valence-corrected chi connectivity index (χ4v) is 1.95. The highest BCUT2D eigenvalue weighted by molar-refractivity contribution is 7.13. The van der Waals surface area contributed by atoms with Gasteiger partial charge in [-0.3, -0.25) is 15.0 Å². The van der Waals surface area contributed by atoms with Gasteiger partial charge in [-0.1, -0.05) is 18.3 Å². The van der Waals surface area contributed by atoms with Gasteiger partial charge in [-0.05, 0) is 18.7 Å². The average molecular weight is 266 g/mol. The quantitative estimate of drug-likeness (QED) is 0.859. The summed E-state index contributed by atoms with van der Waals surface area (Å²) in [6, 6.07) is 3.73. The second-order valence-electron chi connectivity index (χ2n) is 3.67. The van der Waals surface area contributed by atoms with Gasteiger partial charge in [-0.25, -0.2) is 0 Å². The molecule has 2 heterocycles. The molecular formula is C11H14N4O2S. The largest absolute Gasteiger partial charge is 0.468 e. The van der Waals surface area contributed by atoms with Gasteiger partial charge >= 0.3 is 0 Å². The highest BCUT2D eigenvalue weighted by Gasteiger charge is 2.12. The van der Waals surface area contributed by atoms with Crippen molar-refractivity contribution in [2.75, 3.05) is 18.4 Å². The molecule has 0 spiro atoms. The van der Waals surface area contributed by atoms with Crippen molar-refractivity contribution in [2.24, 2.45) is 0 Å². The van der Waals surface area contributed by atoms with Crippen molar-refractivity contribution in [3.63, 3.8) is 0 Å². The second kappa shape index (κ2) is 6.27. The van der Waals surface area contributed by atoms with Crippen molar-refractivity contribution in [2.45, 2.75) is 13.5 Å². The van der Waals surface area contributed by atoms with E-state index in [2.05, 4.69) is 15.5 Å². The maximum Gasteiger partial charge on any atom is 0.240 e. The van der Waals surface area contributed by atoms with Crippen molar-refractivity contribution in [1.82, 2.24) is 15.1 Å². The molecule has 0 unspecified atom stereocenters. The topological polar surface area (TPSA) is 71.3 Å². The van der Waals surface area contributed by atoms with Crippen LogP contribution < -0.4 is 5.32 Å². The highest BCUT2D eigenvalue weighted by Crippen LogP contribution is 2.09. The normalized spacial score (nSPS) is 10.8. The third kappa shape index (κ3) is 3.64. The molecule has 0 aliphatic carbocycles. The van der Waals surface area contributed by atoms with Crippen molar-refractivity contribution < 1.29 is 9.21 Å². The number of carbonyl (C=O) groups excluding carboxylic acids is 1. The van der Waals surface area contributed by atoms with E-state index in [0.29, 0.717) is 18.2 Å². The summed E-state index contributed by atoms with van der Waals surface area (Å²) >= 11 is 1.30. The number of carbonyl (C=O) groups is 1. The fraction of sp³-hybridized carbons (Fsp3) is 0.364. The fourth-order valence-electron chi connectivity index (χ4n) is 1.49. The Bertz CT molecular complexity index is 469. The minimum Gasteiger partial charge on any atom is -0.468 e. The first-order valence-corrected chi connectivity index (χ1v) is 6.46. The zero-order chi connectivity index (χ0) is 12.8. The summed E-state index contributed by atoms with van der Waals surface area (Å²) in [6.07, 6.45) is 1.63. The van der Waals surface area contributed by atoms with E-state index < -0.39 is 0 Å². The number of furan rings is 1. The predicted molar refractivity (Wildman–Crippen MR) is 68.2 cm³/mol. The molecule has 0 aliphatic rings. The van der Waals surface area contributed by atoms with E-state index in [9.17, 15) is 4.79 Å². The smallest absolute Gasteiger partial charge is 0.240 e. The van der Waals surface area contributed by atoms with Crippen LogP contribution in [0.25, 0.3) is 0 Å². The first kappa shape index (κ1) is 12.7. The maximum absolute atomic E-state index is 11.8. The molecule has 2 aromatic heterocycles. The number of nitrogens with zero attached hydrogens (tertiary/aromatic N) is 3. The van der Waals surface area contributed by atoms with Crippen LogP contribution in [0.5, 0.6) is 0 Å². The van der Waals surface area contributed by atoms with Crippen LogP contribution in [0.4, 0.5) is 5.13 Å². The number of hydrogen-bond donors (Lipinski definition) is 1. The molecule has 0 radical (unpaired) electrons. The summed E-state index contributed by atoms with van der Waals surface area (Å²) < 4.78 is 5.26. The van der Waals surface area contributed by atoms with Crippen LogP contribution in [0.1, 0.15) is 12.7 Å². The van der Waals surface area contributed by atoms with E-state index in [4.69, 9.17) is 4.42 Å². The third-order valence-corrected chi connectivity index (χ3v) is 2.99. The van der Waals surface area contributed by atoms with Gasteiger partial charge in [-0.2, -0.15) is 0 Å². The van der Waals surface area contributed by atoms with Crippen molar-refractivity contribution in [1.29, 1.82) is 0 Å². The lowest BCUT2D eigenvalue weighted by Gasteiger charge is -2.17. The Labute approximate surface area is 109 Å². The van der Waals surface area contributed by atoms with Crippen LogP contribution in [0, 0.1) is 0 Å². The minimum absolute atomic E-state index is 0.0971. The Kier molecular flexibility index (Phi) is 4.43. The van der Waals surface area contributed by atoms with Crippen LogP contribution in [-0.4, -0.2) is 34.1 Å². The molecular weight excluding hydrogens is 252 g/mol. The molecule has 2 aromatic rings. The van der Waals surface area contributed by atoms with E-state index in [0.717, 1.165) is 12.3 Å². The molecule has 0 saturated carbocycles. The molecule has 0 bridgehead atoms. The highest BCUT2D eigenvalue weighted by atomic mass is 32.1. The van der Waals surface area contributed by atoms with E-state index in [1.54, 1.807) is 11.8 Å². The number of aromatic nitrogens is 2. The lowest BCUT2D eigenvalue weighted by molar-refractivity contribution is -0.117. The number of nitrogens with one attached hydrogen (secondary N) is 1. The second-order valence-corrected chi connectivity index (χ2v) is 4.51. The van der Waals surface area contributed by atoms with Gasteiger partial charge in [0, 0.05) is 0 Å². The van der Waals surface area contributed by atoms with Gasteiger partial charge in [0.25, 0.3) is 0 Å². The first-order chi connectivity index (χ1) is 8.78. The summed E-state index contributed by atoms with van der Waals surface area (Å²) in [4.78, 5) is 13.7. The molecule has 0 aromatic carbocycles. The van der Waals surface area contributed by atoms with Gasteiger partial charge in [0.1, 0.15) is 11.3 Å². The molecule has 7 heteroatoms. The number of hydrogen-bond acceptors (Lipinski definition) is 6. The Balaban J connectivity index is 1.84. The summed E-state index contributed by atoms with van der Waals surface area (Å²) in [5, 5.41) is 10.6. The summed E-state index contributed by atoms with van der Waals surface area (Å²) in [7, 11) is 0. The molecule has 2 rings (SSSR count). The number of amides is 1. The number of anilines is 1. The lowest BCUT2D eigenvalue weighted by Crippen LogP contribution is -2.32. The van der Waals surface area contributed by atoms with Gasteiger partial charge in [0.15, 0.2) is 0 Å². The number of likely N-dealkylation sites (N-methyl/N-ethyl adjacent to an activating group) is 1. The van der Waals surface area contributed by atoms with Gasteiger partial charge in [-0.15, -0.1) is 10.2 Å². The minimum atomic E-state index is -0.0971. The van der Waals surface area contributed by atoms with Crippen LogP contribution in [-0.2, 0) is 11.3 Å². The monoisotopic (exact) mass is 266 g/mol. The Hall–Kier alpha value is -1.73. The zero-order valence-corrected chi connectivity index (χ0v) is 10.8. The molecule has 0 saturated heterocycles. The molecule has 18 heavy (non-hydrogen) atoms. The molecule has 0 atom stereocenters.